The molecule has 1 saturated heterocycles. The lowest BCUT2D eigenvalue weighted by Crippen LogP contribution is -2.25. The normalized spacial score (nSPS) is 15.0. The van der Waals surface area contributed by atoms with E-state index >= 15 is 0 Å². The van der Waals surface area contributed by atoms with Gasteiger partial charge in [0, 0.05) is 24.0 Å². The zero-order valence-electron chi connectivity index (χ0n) is 15.3. The van der Waals surface area contributed by atoms with Gasteiger partial charge >= 0.3 is 0 Å². The number of ether oxygens (including phenoxy) is 1. The molecular weight excluding hydrogens is 374 g/mol. The zero-order valence-corrected chi connectivity index (χ0v) is 16.2. The number of amides is 1. The van der Waals surface area contributed by atoms with Crippen molar-refractivity contribution in [2.45, 2.75) is 23.8 Å². The van der Waals surface area contributed by atoms with E-state index in [4.69, 9.17) is 15.5 Å². The minimum atomic E-state index is -0.533. The Bertz CT molecular complexity index is 1060. The molecule has 3 aromatic rings. The monoisotopic (exact) mass is 395 g/mol. The molecule has 2 aromatic carbocycles. The third-order valence-corrected chi connectivity index (χ3v) is 6.22. The second-order valence-electron chi connectivity index (χ2n) is 6.72. The molecule has 2 N–H and O–H groups in total. The van der Waals surface area contributed by atoms with Crippen molar-refractivity contribution in [1.82, 2.24) is 9.55 Å². The summed E-state index contributed by atoms with van der Waals surface area (Å²) in [5.74, 6) is 0.738. The van der Waals surface area contributed by atoms with Gasteiger partial charge in [-0.2, -0.15) is 11.8 Å². The van der Waals surface area contributed by atoms with Crippen LogP contribution in [-0.2, 0) is 10.5 Å². The molecule has 1 aliphatic rings. The predicted molar refractivity (Wildman–Crippen MR) is 111 cm³/mol. The second kappa shape index (κ2) is 8.16. The van der Waals surface area contributed by atoms with Crippen molar-refractivity contribution >= 4 is 28.6 Å². The fourth-order valence-corrected chi connectivity index (χ4v) is 4.46. The van der Waals surface area contributed by atoms with Gasteiger partial charge in [0.1, 0.15) is 5.82 Å². The number of rotatable bonds is 5. The SMILES string of the molecule is NC(=O)c1ccc2c(=O)n(-c3ccccc3)c(CSC3CCOCC3)nc2c1. The molecule has 0 saturated carbocycles. The third kappa shape index (κ3) is 3.81. The molecule has 4 rings (SSSR count). The summed E-state index contributed by atoms with van der Waals surface area (Å²) in [7, 11) is 0. The van der Waals surface area contributed by atoms with Gasteiger partial charge in [-0.1, -0.05) is 18.2 Å². The minimum absolute atomic E-state index is 0.144. The first kappa shape index (κ1) is 18.7. The van der Waals surface area contributed by atoms with Crippen LogP contribution < -0.4 is 11.3 Å². The summed E-state index contributed by atoms with van der Waals surface area (Å²) < 4.78 is 7.09. The quantitative estimate of drug-likeness (QED) is 0.718. The Morgan fingerprint density at radius 3 is 2.64 bits per heavy atom. The molecule has 6 nitrogen and oxygen atoms in total. The highest BCUT2D eigenvalue weighted by atomic mass is 32.2. The minimum Gasteiger partial charge on any atom is -0.381 e. The summed E-state index contributed by atoms with van der Waals surface area (Å²) in [6, 6.07) is 14.3. The van der Waals surface area contributed by atoms with Crippen LogP contribution in [0.25, 0.3) is 16.6 Å². The van der Waals surface area contributed by atoms with Crippen molar-refractivity contribution in [3.63, 3.8) is 0 Å². The van der Waals surface area contributed by atoms with Crippen LogP contribution >= 0.6 is 11.8 Å². The Hall–Kier alpha value is -2.64. The Labute approximate surface area is 166 Å². The standard InChI is InChI=1S/C21H21N3O3S/c22-20(25)14-6-7-17-18(12-14)23-19(13-28-16-8-10-27-11-9-16)24(21(17)26)15-4-2-1-3-5-15/h1-7,12,16H,8-11,13H2,(H2,22,25). The van der Waals surface area contributed by atoms with Crippen molar-refractivity contribution in [3.05, 3.63) is 70.3 Å². The van der Waals surface area contributed by atoms with Crippen molar-refractivity contribution < 1.29 is 9.53 Å². The Balaban J connectivity index is 1.81. The van der Waals surface area contributed by atoms with E-state index in [1.165, 1.54) is 0 Å². The number of carbonyl (C=O) groups is 1. The summed E-state index contributed by atoms with van der Waals surface area (Å²) >= 11 is 1.79. The van der Waals surface area contributed by atoms with Gasteiger partial charge < -0.3 is 10.5 Å². The highest BCUT2D eigenvalue weighted by Gasteiger charge is 2.18. The first-order valence-electron chi connectivity index (χ1n) is 9.24. The Morgan fingerprint density at radius 2 is 1.93 bits per heavy atom. The first-order valence-corrected chi connectivity index (χ1v) is 10.3. The van der Waals surface area contributed by atoms with Crippen molar-refractivity contribution in [2.24, 2.45) is 5.73 Å². The van der Waals surface area contributed by atoms with E-state index < -0.39 is 5.91 Å². The van der Waals surface area contributed by atoms with Crippen LogP contribution in [0.15, 0.2) is 53.3 Å². The molecule has 0 aliphatic carbocycles. The van der Waals surface area contributed by atoms with Gasteiger partial charge in [-0.25, -0.2) is 4.98 Å². The molecule has 1 fully saturated rings. The fourth-order valence-electron chi connectivity index (χ4n) is 3.36. The van der Waals surface area contributed by atoms with Gasteiger partial charge in [0.25, 0.3) is 5.56 Å². The Kier molecular flexibility index (Phi) is 5.45. The maximum Gasteiger partial charge on any atom is 0.265 e. The lowest BCUT2D eigenvalue weighted by atomic mass is 10.1. The number of nitrogens with zero attached hydrogens (tertiary/aromatic N) is 2. The maximum atomic E-state index is 13.3. The van der Waals surface area contributed by atoms with E-state index in [1.54, 1.807) is 34.5 Å². The molecule has 0 unspecified atom stereocenters. The number of fused-ring (bicyclic) bond motifs is 1. The van der Waals surface area contributed by atoms with Crippen LogP contribution in [0.1, 0.15) is 29.0 Å². The molecular formula is C21H21N3O3S. The number of nitrogens with two attached hydrogens (primary N) is 1. The zero-order chi connectivity index (χ0) is 19.5. The summed E-state index contributed by atoms with van der Waals surface area (Å²) in [6.45, 7) is 1.55. The molecule has 2 heterocycles. The fraction of sp³-hybridized carbons (Fsp3) is 0.286. The van der Waals surface area contributed by atoms with Gasteiger partial charge in [-0.05, 0) is 43.2 Å². The molecule has 1 amide bonds. The van der Waals surface area contributed by atoms with E-state index in [0.29, 0.717) is 33.3 Å². The van der Waals surface area contributed by atoms with Crippen LogP contribution in [0.4, 0.5) is 0 Å². The molecule has 28 heavy (non-hydrogen) atoms. The van der Waals surface area contributed by atoms with E-state index in [9.17, 15) is 9.59 Å². The summed E-state index contributed by atoms with van der Waals surface area (Å²) in [5, 5.41) is 0.955. The molecule has 1 aliphatic heterocycles. The lowest BCUT2D eigenvalue weighted by molar-refractivity contribution is 0.0997. The first-order chi connectivity index (χ1) is 13.6. The van der Waals surface area contributed by atoms with Crippen molar-refractivity contribution in [2.75, 3.05) is 13.2 Å². The van der Waals surface area contributed by atoms with E-state index in [1.807, 2.05) is 30.3 Å². The topological polar surface area (TPSA) is 87.2 Å². The van der Waals surface area contributed by atoms with E-state index in [-0.39, 0.29) is 5.56 Å². The van der Waals surface area contributed by atoms with Gasteiger partial charge in [-0.3, -0.25) is 14.2 Å². The van der Waals surface area contributed by atoms with Crippen LogP contribution in [0.5, 0.6) is 0 Å². The molecule has 7 heteroatoms. The van der Waals surface area contributed by atoms with Crippen LogP contribution in [0, 0.1) is 0 Å². The summed E-state index contributed by atoms with van der Waals surface area (Å²) in [5.41, 5.74) is 6.87. The number of carbonyl (C=O) groups excluding carboxylic acids is 1. The van der Waals surface area contributed by atoms with Crippen molar-refractivity contribution in [1.29, 1.82) is 0 Å². The average Bonchev–Trinajstić information content (AvgIpc) is 2.73. The number of primary amides is 1. The third-order valence-electron chi connectivity index (χ3n) is 4.85. The van der Waals surface area contributed by atoms with Gasteiger partial charge in [0.05, 0.1) is 22.3 Å². The number of aromatic nitrogens is 2. The van der Waals surface area contributed by atoms with E-state index in [2.05, 4.69) is 0 Å². The smallest absolute Gasteiger partial charge is 0.265 e. The van der Waals surface area contributed by atoms with Gasteiger partial charge in [-0.15, -0.1) is 0 Å². The highest BCUT2D eigenvalue weighted by Crippen LogP contribution is 2.26. The Morgan fingerprint density at radius 1 is 1.18 bits per heavy atom. The number of hydrogen-bond acceptors (Lipinski definition) is 5. The number of thioether (sulfide) groups is 1. The summed E-state index contributed by atoms with van der Waals surface area (Å²) in [6.07, 6.45) is 2.00. The summed E-state index contributed by atoms with van der Waals surface area (Å²) in [4.78, 5) is 29.5. The second-order valence-corrected chi connectivity index (χ2v) is 8.01. The molecule has 0 atom stereocenters. The molecule has 144 valence electrons. The predicted octanol–water partition coefficient (Wildman–Crippen LogP) is 2.90. The molecule has 0 radical (unpaired) electrons. The number of hydrogen-bond donors (Lipinski definition) is 1. The molecule has 1 aromatic heterocycles. The van der Waals surface area contributed by atoms with Crippen molar-refractivity contribution in [3.8, 4) is 5.69 Å². The van der Waals surface area contributed by atoms with E-state index in [0.717, 1.165) is 31.7 Å². The largest absolute Gasteiger partial charge is 0.381 e. The molecule has 0 spiro atoms. The number of para-hydroxylation sites is 1. The van der Waals surface area contributed by atoms with Crippen LogP contribution in [-0.4, -0.2) is 33.9 Å². The van der Waals surface area contributed by atoms with Crippen LogP contribution in [0.2, 0.25) is 0 Å². The molecule has 0 bridgehead atoms. The van der Waals surface area contributed by atoms with Gasteiger partial charge in [0.15, 0.2) is 0 Å². The number of benzene rings is 2. The van der Waals surface area contributed by atoms with Gasteiger partial charge in [0.2, 0.25) is 5.91 Å². The lowest BCUT2D eigenvalue weighted by Gasteiger charge is -2.22. The van der Waals surface area contributed by atoms with Crippen LogP contribution in [0.3, 0.4) is 0 Å². The maximum absolute atomic E-state index is 13.3. The average molecular weight is 395 g/mol. The highest BCUT2D eigenvalue weighted by molar-refractivity contribution is 7.99.